The van der Waals surface area contributed by atoms with E-state index >= 15 is 0 Å². The van der Waals surface area contributed by atoms with Crippen LogP contribution in [-0.2, 0) is 0 Å². The van der Waals surface area contributed by atoms with E-state index in [1.54, 1.807) is 6.07 Å². The van der Waals surface area contributed by atoms with Gasteiger partial charge in [-0.3, -0.25) is 0 Å². The van der Waals surface area contributed by atoms with Gasteiger partial charge in [-0.25, -0.2) is 0 Å². The van der Waals surface area contributed by atoms with Crippen LogP contribution in [0.1, 0.15) is 11.1 Å². The minimum atomic E-state index is 0.637. The summed E-state index contributed by atoms with van der Waals surface area (Å²) in [5, 5.41) is 1.91. The third-order valence-electron chi connectivity index (χ3n) is 2.33. The van der Waals surface area contributed by atoms with Gasteiger partial charge in [-0.05, 0) is 23.6 Å². The Balaban J connectivity index is 2.98. The topological polar surface area (TPSA) is 26.0 Å². The Labute approximate surface area is 88.9 Å². The highest BCUT2D eigenvalue weighted by atomic mass is 14.5. The van der Waals surface area contributed by atoms with E-state index in [1.165, 1.54) is 0 Å². The molecule has 2 N–H and O–H groups in total. The first kappa shape index (κ1) is 9.19. The standard InChI is InChI=1S/C14H9N/c1-3-10-6-5-7-13-11(4-2)8-12(15)9-14(10)13/h1-2,5-9H,15H2. The molecule has 15 heavy (non-hydrogen) atoms. The highest BCUT2D eigenvalue weighted by Gasteiger charge is 2.03. The number of benzene rings is 2. The Morgan fingerprint density at radius 1 is 0.933 bits per heavy atom. The van der Waals surface area contributed by atoms with Crippen LogP contribution in [-0.4, -0.2) is 0 Å². The van der Waals surface area contributed by atoms with Gasteiger partial charge in [-0.1, -0.05) is 24.0 Å². The van der Waals surface area contributed by atoms with Gasteiger partial charge in [0.1, 0.15) is 0 Å². The molecule has 0 unspecified atom stereocenters. The lowest BCUT2D eigenvalue weighted by molar-refractivity contribution is 1.66. The van der Waals surface area contributed by atoms with Gasteiger partial charge < -0.3 is 5.73 Å². The molecule has 0 aliphatic rings. The molecule has 0 atom stereocenters. The monoisotopic (exact) mass is 191 g/mol. The van der Waals surface area contributed by atoms with E-state index in [1.807, 2.05) is 24.3 Å². The van der Waals surface area contributed by atoms with Gasteiger partial charge in [0.25, 0.3) is 0 Å². The second-order valence-corrected chi connectivity index (χ2v) is 3.26. The first-order chi connectivity index (χ1) is 7.26. The summed E-state index contributed by atoms with van der Waals surface area (Å²) in [6.07, 6.45) is 10.8. The molecule has 1 heteroatoms. The summed E-state index contributed by atoms with van der Waals surface area (Å²) >= 11 is 0. The van der Waals surface area contributed by atoms with Crippen LogP contribution in [0.3, 0.4) is 0 Å². The van der Waals surface area contributed by atoms with Crippen molar-refractivity contribution in [2.75, 3.05) is 5.73 Å². The molecule has 0 spiro atoms. The maximum Gasteiger partial charge on any atom is 0.0341 e. The molecule has 0 amide bonds. The quantitative estimate of drug-likeness (QED) is 0.502. The Morgan fingerprint density at radius 3 is 2.33 bits per heavy atom. The van der Waals surface area contributed by atoms with Crippen molar-refractivity contribution in [3.8, 4) is 24.7 Å². The van der Waals surface area contributed by atoms with Crippen LogP contribution in [0.25, 0.3) is 10.8 Å². The summed E-state index contributed by atoms with van der Waals surface area (Å²) in [7, 11) is 0. The van der Waals surface area contributed by atoms with Gasteiger partial charge in [-0.15, -0.1) is 12.8 Å². The molecule has 0 saturated heterocycles. The molecule has 2 rings (SSSR count). The Bertz CT molecular complexity index is 609. The number of hydrogen-bond acceptors (Lipinski definition) is 1. The highest BCUT2D eigenvalue weighted by molar-refractivity contribution is 5.94. The Morgan fingerprint density at radius 2 is 1.67 bits per heavy atom. The lowest BCUT2D eigenvalue weighted by Gasteiger charge is -2.05. The van der Waals surface area contributed by atoms with Crippen LogP contribution in [0.4, 0.5) is 5.69 Å². The van der Waals surface area contributed by atoms with Crippen LogP contribution in [0, 0.1) is 24.7 Å². The number of nitrogens with two attached hydrogens (primary N) is 1. The minimum absolute atomic E-state index is 0.637. The predicted octanol–water partition coefficient (Wildman–Crippen LogP) is 2.38. The van der Waals surface area contributed by atoms with Crippen LogP contribution < -0.4 is 5.73 Å². The van der Waals surface area contributed by atoms with E-state index in [2.05, 4.69) is 11.8 Å². The molecule has 1 nitrogen and oxygen atoms in total. The average molecular weight is 191 g/mol. The largest absolute Gasteiger partial charge is 0.399 e. The van der Waals surface area contributed by atoms with Gasteiger partial charge in [-0.2, -0.15) is 0 Å². The molecule has 0 heterocycles. The molecule has 0 saturated carbocycles. The number of fused-ring (bicyclic) bond motifs is 1. The smallest absolute Gasteiger partial charge is 0.0341 e. The number of rotatable bonds is 0. The van der Waals surface area contributed by atoms with E-state index < -0.39 is 0 Å². The molecule has 0 aromatic heterocycles. The van der Waals surface area contributed by atoms with Gasteiger partial charge in [0.2, 0.25) is 0 Å². The fraction of sp³-hybridized carbons (Fsp3) is 0. The van der Waals surface area contributed by atoms with E-state index in [-0.39, 0.29) is 0 Å². The van der Waals surface area contributed by atoms with E-state index in [4.69, 9.17) is 18.6 Å². The van der Waals surface area contributed by atoms with Gasteiger partial charge in [0, 0.05) is 22.2 Å². The summed E-state index contributed by atoms with van der Waals surface area (Å²) in [6, 6.07) is 9.36. The molecule has 0 bridgehead atoms. The van der Waals surface area contributed by atoms with Crippen molar-refractivity contribution in [3.63, 3.8) is 0 Å². The molecule has 0 aliphatic carbocycles. The molecule has 0 fully saturated rings. The summed E-state index contributed by atoms with van der Waals surface area (Å²) < 4.78 is 0. The number of hydrogen-bond donors (Lipinski definition) is 1. The second kappa shape index (κ2) is 3.40. The molecule has 0 aliphatic heterocycles. The lowest BCUT2D eigenvalue weighted by Crippen LogP contribution is -1.89. The SMILES string of the molecule is C#Cc1cc(N)cc2c(C#C)cccc12. The lowest BCUT2D eigenvalue weighted by atomic mass is 10.00. The number of terminal acetylenes is 2. The Kier molecular flexibility index (Phi) is 2.08. The van der Waals surface area contributed by atoms with E-state index in [0.717, 1.165) is 21.9 Å². The van der Waals surface area contributed by atoms with E-state index in [0.29, 0.717) is 5.69 Å². The molecular formula is C14H9N. The molecule has 2 aromatic rings. The second-order valence-electron chi connectivity index (χ2n) is 3.26. The average Bonchev–Trinajstić information content (AvgIpc) is 2.27. The van der Waals surface area contributed by atoms with Crippen molar-refractivity contribution < 1.29 is 0 Å². The highest BCUT2D eigenvalue weighted by Crippen LogP contribution is 2.24. The van der Waals surface area contributed by atoms with Gasteiger partial charge in [0.15, 0.2) is 0 Å². The molecule has 2 aromatic carbocycles. The van der Waals surface area contributed by atoms with Crippen molar-refractivity contribution >= 4 is 16.5 Å². The van der Waals surface area contributed by atoms with E-state index in [9.17, 15) is 0 Å². The van der Waals surface area contributed by atoms with Gasteiger partial charge >= 0.3 is 0 Å². The minimum Gasteiger partial charge on any atom is -0.399 e. The third kappa shape index (κ3) is 1.41. The van der Waals surface area contributed by atoms with Crippen LogP contribution >= 0.6 is 0 Å². The zero-order chi connectivity index (χ0) is 10.8. The summed E-state index contributed by atoms with van der Waals surface area (Å²) in [5.74, 6) is 5.24. The molecular weight excluding hydrogens is 182 g/mol. The maximum absolute atomic E-state index is 5.76. The molecule has 0 radical (unpaired) electrons. The van der Waals surface area contributed by atoms with Crippen molar-refractivity contribution in [2.24, 2.45) is 0 Å². The Hall–Kier alpha value is -2.38. The van der Waals surface area contributed by atoms with Crippen LogP contribution in [0.15, 0.2) is 30.3 Å². The fourth-order valence-electron chi connectivity index (χ4n) is 1.65. The summed E-state index contributed by atoms with van der Waals surface area (Å²) in [5.41, 5.74) is 7.99. The van der Waals surface area contributed by atoms with Gasteiger partial charge in [0.05, 0.1) is 0 Å². The number of nitrogen functional groups attached to an aromatic ring is 1. The first-order valence-electron chi connectivity index (χ1n) is 4.51. The van der Waals surface area contributed by atoms with Crippen molar-refractivity contribution in [2.45, 2.75) is 0 Å². The first-order valence-corrected chi connectivity index (χ1v) is 4.51. The zero-order valence-corrected chi connectivity index (χ0v) is 8.12. The van der Waals surface area contributed by atoms with Crippen molar-refractivity contribution in [1.29, 1.82) is 0 Å². The third-order valence-corrected chi connectivity index (χ3v) is 2.33. The normalized spacial score (nSPS) is 9.47. The summed E-state index contributed by atoms with van der Waals surface area (Å²) in [6.45, 7) is 0. The van der Waals surface area contributed by atoms with Crippen molar-refractivity contribution in [3.05, 3.63) is 41.5 Å². The zero-order valence-electron chi connectivity index (χ0n) is 8.12. The van der Waals surface area contributed by atoms with Crippen molar-refractivity contribution in [1.82, 2.24) is 0 Å². The van der Waals surface area contributed by atoms with Crippen LogP contribution in [0.5, 0.6) is 0 Å². The fourth-order valence-corrected chi connectivity index (χ4v) is 1.65. The predicted molar refractivity (Wildman–Crippen MR) is 64.2 cm³/mol. The maximum atomic E-state index is 5.76. The summed E-state index contributed by atoms with van der Waals surface area (Å²) in [4.78, 5) is 0. The number of anilines is 1. The van der Waals surface area contributed by atoms with Crippen LogP contribution in [0.2, 0.25) is 0 Å². The molecule has 70 valence electrons.